The molecule has 3 N–H and O–H groups in total. The zero-order valence-corrected chi connectivity index (χ0v) is 21.2. The second kappa shape index (κ2) is 9.76. The van der Waals surface area contributed by atoms with E-state index in [9.17, 15) is 9.18 Å². The van der Waals surface area contributed by atoms with Gasteiger partial charge in [-0.2, -0.15) is 5.10 Å². The van der Waals surface area contributed by atoms with Gasteiger partial charge in [0.15, 0.2) is 5.82 Å². The van der Waals surface area contributed by atoms with E-state index in [1.165, 1.54) is 24.5 Å². The maximum absolute atomic E-state index is 16.2. The smallest absolute Gasteiger partial charge is 0.255 e. The van der Waals surface area contributed by atoms with E-state index in [4.69, 9.17) is 4.98 Å². The number of benzene rings is 3. The summed E-state index contributed by atoms with van der Waals surface area (Å²) in [5.74, 6) is -0.813. The van der Waals surface area contributed by atoms with Gasteiger partial charge in [-0.1, -0.05) is 18.2 Å². The molecule has 0 fully saturated rings. The van der Waals surface area contributed by atoms with E-state index in [2.05, 4.69) is 30.5 Å². The summed E-state index contributed by atoms with van der Waals surface area (Å²) in [4.78, 5) is 29.2. The number of anilines is 1. The van der Waals surface area contributed by atoms with Gasteiger partial charge in [-0.15, -0.1) is 0 Å². The van der Waals surface area contributed by atoms with Crippen LogP contribution in [-0.4, -0.2) is 36.0 Å². The summed E-state index contributed by atoms with van der Waals surface area (Å²) in [7, 11) is 0. The van der Waals surface area contributed by atoms with Crippen molar-refractivity contribution in [3.63, 3.8) is 0 Å². The molecule has 7 rings (SSSR count). The summed E-state index contributed by atoms with van der Waals surface area (Å²) in [6.07, 6.45) is 4.66. The summed E-state index contributed by atoms with van der Waals surface area (Å²) in [5.41, 5.74) is 4.96. The fourth-order valence-corrected chi connectivity index (χ4v) is 4.78. The lowest BCUT2D eigenvalue weighted by molar-refractivity contribution is 0.102. The molecule has 0 aliphatic heterocycles. The second-order valence-electron chi connectivity index (χ2n) is 9.35. The third-order valence-electron chi connectivity index (χ3n) is 6.75. The molecule has 10 heteroatoms. The highest BCUT2D eigenvalue weighted by Gasteiger charge is 2.21. The number of nitrogens with one attached hydrogen (secondary N) is 3. The van der Waals surface area contributed by atoms with Crippen LogP contribution in [0.5, 0.6) is 0 Å². The number of hydrogen-bond acceptors (Lipinski definition) is 5. The minimum atomic E-state index is -0.517. The Balaban J connectivity index is 1.28. The molecule has 0 saturated carbocycles. The number of carbonyl (C=O) groups is 1. The summed E-state index contributed by atoms with van der Waals surface area (Å²) in [6.45, 7) is 0. The largest absolute Gasteiger partial charge is 0.336 e. The minimum absolute atomic E-state index is 0.247. The average Bonchev–Trinajstić information content (AvgIpc) is 3.63. The van der Waals surface area contributed by atoms with E-state index in [1.807, 2.05) is 6.07 Å². The second-order valence-corrected chi connectivity index (χ2v) is 9.35. The zero-order valence-electron chi connectivity index (χ0n) is 21.2. The number of fused-ring (bicyclic) bond motifs is 2. The third-order valence-corrected chi connectivity index (χ3v) is 6.75. The first-order valence-electron chi connectivity index (χ1n) is 12.6. The number of aromatic amines is 2. The predicted molar refractivity (Wildman–Crippen MR) is 152 cm³/mol. The summed E-state index contributed by atoms with van der Waals surface area (Å²) < 4.78 is 29.7. The molecule has 0 saturated heterocycles. The van der Waals surface area contributed by atoms with Crippen molar-refractivity contribution in [3.05, 3.63) is 115 Å². The van der Waals surface area contributed by atoms with Gasteiger partial charge in [0.2, 0.25) is 0 Å². The molecule has 0 aliphatic carbocycles. The van der Waals surface area contributed by atoms with Gasteiger partial charge in [0.25, 0.3) is 5.91 Å². The molecular weight excluding hydrogens is 524 g/mol. The fourth-order valence-electron chi connectivity index (χ4n) is 4.78. The molecule has 0 atom stereocenters. The van der Waals surface area contributed by atoms with Gasteiger partial charge in [-0.3, -0.25) is 19.9 Å². The van der Waals surface area contributed by atoms with E-state index in [-0.39, 0.29) is 22.7 Å². The zero-order chi connectivity index (χ0) is 27.9. The van der Waals surface area contributed by atoms with Crippen LogP contribution in [0.15, 0.2) is 97.5 Å². The number of rotatable bonds is 5. The Kier molecular flexibility index (Phi) is 5.78. The molecule has 198 valence electrons. The normalized spacial score (nSPS) is 11.3. The Hall–Kier alpha value is -5.77. The molecule has 4 aromatic heterocycles. The number of carbonyl (C=O) groups excluding carboxylic acids is 1. The quantitative estimate of drug-likeness (QED) is 0.222. The Labute approximate surface area is 231 Å². The first-order valence-corrected chi connectivity index (χ1v) is 12.6. The minimum Gasteiger partial charge on any atom is -0.336 e. The summed E-state index contributed by atoms with van der Waals surface area (Å²) >= 11 is 0. The van der Waals surface area contributed by atoms with Crippen LogP contribution in [0.1, 0.15) is 10.4 Å². The molecule has 4 heterocycles. The van der Waals surface area contributed by atoms with Gasteiger partial charge in [-0.05, 0) is 60.7 Å². The Morgan fingerprint density at radius 1 is 0.829 bits per heavy atom. The molecule has 0 aliphatic rings. The molecule has 7 aromatic rings. The lowest BCUT2D eigenvalue weighted by Gasteiger charge is -2.09. The number of nitrogens with zero attached hydrogens (tertiary/aromatic N) is 4. The number of imidazole rings is 1. The van der Waals surface area contributed by atoms with Gasteiger partial charge < -0.3 is 10.3 Å². The van der Waals surface area contributed by atoms with Crippen molar-refractivity contribution < 1.29 is 13.6 Å². The SMILES string of the molecule is O=C(Nc1cncc(-c2ccc3[nH]nc(-c4nc5c(-c6ccc(F)cc6)nccc5[nH]4)c3c2F)c1)c1ccccc1. The highest BCUT2D eigenvalue weighted by atomic mass is 19.1. The van der Waals surface area contributed by atoms with Gasteiger partial charge in [0.1, 0.15) is 22.8 Å². The lowest BCUT2D eigenvalue weighted by atomic mass is 10.0. The third kappa shape index (κ3) is 4.37. The number of halogens is 2. The van der Waals surface area contributed by atoms with Gasteiger partial charge >= 0.3 is 0 Å². The van der Waals surface area contributed by atoms with Crippen molar-refractivity contribution in [1.29, 1.82) is 0 Å². The summed E-state index contributed by atoms with van der Waals surface area (Å²) in [5, 5.41) is 10.3. The maximum atomic E-state index is 16.2. The molecule has 1 amide bonds. The van der Waals surface area contributed by atoms with Gasteiger partial charge in [0.05, 0.1) is 34.0 Å². The van der Waals surface area contributed by atoms with Crippen LogP contribution < -0.4 is 5.32 Å². The molecule has 0 bridgehead atoms. The predicted octanol–water partition coefficient (Wildman–Crippen LogP) is 6.76. The number of pyridine rings is 2. The average molecular weight is 544 g/mol. The van der Waals surface area contributed by atoms with Crippen LogP contribution in [-0.2, 0) is 0 Å². The van der Waals surface area contributed by atoms with Crippen molar-refractivity contribution in [2.24, 2.45) is 0 Å². The highest BCUT2D eigenvalue weighted by molar-refractivity contribution is 6.04. The van der Waals surface area contributed by atoms with Crippen LogP contribution in [0.3, 0.4) is 0 Å². The highest BCUT2D eigenvalue weighted by Crippen LogP contribution is 2.35. The van der Waals surface area contributed by atoms with E-state index < -0.39 is 5.82 Å². The van der Waals surface area contributed by atoms with Crippen LogP contribution in [0.4, 0.5) is 14.5 Å². The van der Waals surface area contributed by atoms with Crippen molar-refractivity contribution in [1.82, 2.24) is 30.1 Å². The molecule has 0 spiro atoms. The molecule has 41 heavy (non-hydrogen) atoms. The fraction of sp³-hybridized carbons (Fsp3) is 0. The molecule has 0 radical (unpaired) electrons. The van der Waals surface area contributed by atoms with E-state index in [1.54, 1.807) is 66.9 Å². The van der Waals surface area contributed by atoms with Crippen LogP contribution in [0, 0.1) is 11.6 Å². The molecule has 8 nitrogen and oxygen atoms in total. The molecular formula is C31H19F2N7O. The Bertz CT molecular complexity index is 2070. The van der Waals surface area contributed by atoms with Crippen molar-refractivity contribution in [2.75, 3.05) is 5.32 Å². The monoisotopic (exact) mass is 543 g/mol. The topological polar surface area (TPSA) is 112 Å². The first-order chi connectivity index (χ1) is 20.0. The van der Waals surface area contributed by atoms with Crippen molar-refractivity contribution >= 4 is 33.5 Å². The number of amides is 1. The first kappa shape index (κ1) is 24.3. The van der Waals surface area contributed by atoms with Crippen molar-refractivity contribution in [2.45, 2.75) is 0 Å². The number of hydrogen-bond donors (Lipinski definition) is 3. The maximum Gasteiger partial charge on any atom is 0.255 e. The van der Waals surface area contributed by atoms with Gasteiger partial charge in [0, 0.05) is 34.6 Å². The number of aromatic nitrogens is 6. The van der Waals surface area contributed by atoms with Crippen LogP contribution >= 0.6 is 0 Å². The van der Waals surface area contributed by atoms with E-state index in [0.717, 1.165) is 0 Å². The number of H-pyrrole nitrogens is 2. The van der Waals surface area contributed by atoms with Crippen LogP contribution in [0.2, 0.25) is 0 Å². The standard InChI is InChI=1S/C31H19F2N7O/c32-20-8-6-17(7-9-20)27-28-24(12-13-35-27)37-30(38-28)29-25-23(39-40-29)11-10-22(26(25)33)19-14-21(16-34-15-19)36-31(41)18-4-2-1-3-5-18/h1-16H,(H,36,41)(H,37,38)(H,39,40). The van der Waals surface area contributed by atoms with E-state index >= 15 is 4.39 Å². The Morgan fingerprint density at radius 2 is 1.66 bits per heavy atom. The summed E-state index contributed by atoms with van der Waals surface area (Å²) in [6, 6.07) is 21.6. The van der Waals surface area contributed by atoms with Crippen LogP contribution in [0.25, 0.3) is 55.8 Å². The Morgan fingerprint density at radius 3 is 2.49 bits per heavy atom. The van der Waals surface area contributed by atoms with Gasteiger partial charge in [-0.25, -0.2) is 13.8 Å². The molecule has 0 unspecified atom stereocenters. The van der Waals surface area contributed by atoms with Crippen molar-refractivity contribution in [3.8, 4) is 33.9 Å². The van der Waals surface area contributed by atoms with E-state index in [0.29, 0.717) is 56.1 Å². The molecule has 3 aromatic carbocycles. The lowest BCUT2D eigenvalue weighted by Crippen LogP contribution is -2.11.